The second kappa shape index (κ2) is 10.9. The van der Waals surface area contributed by atoms with Gasteiger partial charge in [0.05, 0.1) is 13.2 Å². The minimum Gasteiger partial charge on any atom is -0.496 e. The number of para-hydroxylation sites is 1. The first-order valence-electron chi connectivity index (χ1n) is 11.5. The van der Waals surface area contributed by atoms with Crippen molar-refractivity contribution in [2.75, 3.05) is 33.3 Å². The summed E-state index contributed by atoms with van der Waals surface area (Å²) in [6, 6.07) is 14.4. The number of nitrogens with one attached hydrogen (secondary N) is 2. The Kier molecular flexibility index (Phi) is 7.55. The number of likely N-dealkylation sites (tertiary alicyclic amines) is 1. The SMILES string of the molecule is CCNC(=NCc1nnc2ccccn12)NCC(c1ccccc1OC)N1CCCCC1. The topological polar surface area (TPSA) is 79.1 Å². The summed E-state index contributed by atoms with van der Waals surface area (Å²) < 4.78 is 7.66. The highest BCUT2D eigenvalue weighted by Crippen LogP contribution is 2.30. The second-order valence-electron chi connectivity index (χ2n) is 7.98. The molecule has 3 aromatic rings. The molecule has 32 heavy (non-hydrogen) atoms. The van der Waals surface area contributed by atoms with E-state index in [2.05, 4.69) is 44.8 Å². The van der Waals surface area contributed by atoms with E-state index in [1.807, 2.05) is 40.9 Å². The summed E-state index contributed by atoms with van der Waals surface area (Å²) in [7, 11) is 1.74. The zero-order valence-corrected chi connectivity index (χ0v) is 19.0. The number of pyridine rings is 1. The molecule has 1 atom stereocenters. The van der Waals surface area contributed by atoms with Crippen molar-refractivity contribution in [3.05, 3.63) is 60.0 Å². The Bertz CT molecular complexity index is 1030. The zero-order valence-electron chi connectivity index (χ0n) is 19.0. The van der Waals surface area contributed by atoms with Crippen molar-refractivity contribution in [2.24, 2.45) is 4.99 Å². The average Bonchev–Trinajstić information content (AvgIpc) is 3.26. The molecule has 0 bridgehead atoms. The summed E-state index contributed by atoms with van der Waals surface area (Å²) in [5.41, 5.74) is 2.04. The standard InChI is InChI=1S/C24H33N7O/c1-3-25-24(27-18-23-29-28-22-13-7-10-16-31(22)23)26-17-20(30-14-8-4-9-15-30)19-11-5-6-12-21(19)32-2/h5-7,10-13,16,20H,3-4,8-9,14-15,17-18H2,1-2H3,(H2,25,26,27). The molecule has 3 heterocycles. The lowest BCUT2D eigenvalue weighted by Crippen LogP contribution is -2.44. The molecule has 0 amide bonds. The van der Waals surface area contributed by atoms with Crippen LogP contribution in [0.25, 0.3) is 5.65 Å². The third-order valence-corrected chi connectivity index (χ3v) is 5.90. The minimum absolute atomic E-state index is 0.212. The Labute approximate surface area is 189 Å². The molecule has 1 aliphatic rings. The Morgan fingerprint density at radius 1 is 1.06 bits per heavy atom. The molecule has 170 valence electrons. The molecular formula is C24H33N7O. The first kappa shape index (κ1) is 22.1. The van der Waals surface area contributed by atoms with E-state index in [0.29, 0.717) is 6.54 Å². The highest BCUT2D eigenvalue weighted by molar-refractivity contribution is 5.79. The smallest absolute Gasteiger partial charge is 0.191 e. The Balaban J connectivity index is 1.51. The van der Waals surface area contributed by atoms with E-state index in [0.717, 1.165) is 49.4 Å². The van der Waals surface area contributed by atoms with E-state index >= 15 is 0 Å². The van der Waals surface area contributed by atoms with Gasteiger partial charge in [-0.25, -0.2) is 4.99 Å². The minimum atomic E-state index is 0.212. The van der Waals surface area contributed by atoms with Crippen LogP contribution in [-0.2, 0) is 6.54 Å². The van der Waals surface area contributed by atoms with Gasteiger partial charge in [-0.1, -0.05) is 30.7 Å². The first-order valence-corrected chi connectivity index (χ1v) is 11.5. The Morgan fingerprint density at radius 2 is 1.88 bits per heavy atom. The van der Waals surface area contributed by atoms with Crippen molar-refractivity contribution in [3.8, 4) is 5.75 Å². The van der Waals surface area contributed by atoms with Gasteiger partial charge in [0.1, 0.15) is 12.3 Å². The van der Waals surface area contributed by atoms with E-state index in [1.54, 1.807) is 7.11 Å². The van der Waals surface area contributed by atoms with Crippen LogP contribution in [0, 0.1) is 0 Å². The summed E-state index contributed by atoms with van der Waals surface area (Å²) in [5, 5.41) is 15.4. The Hall–Kier alpha value is -3.13. The number of hydrogen-bond acceptors (Lipinski definition) is 5. The van der Waals surface area contributed by atoms with Crippen LogP contribution in [0.15, 0.2) is 53.7 Å². The fraction of sp³-hybridized carbons (Fsp3) is 0.458. The molecule has 1 aromatic carbocycles. The van der Waals surface area contributed by atoms with Gasteiger partial charge in [0, 0.05) is 24.8 Å². The monoisotopic (exact) mass is 435 g/mol. The van der Waals surface area contributed by atoms with Gasteiger partial charge in [-0.2, -0.15) is 0 Å². The third-order valence-electron chi connectivity index (χ3n) is 5.90. The van der Waals surface area contributed by atoms with Crippen LogP contribution >= 0.6 is 0 Å². The maximum absolute atomic E-state index is 5.69. The largest absolute Gasteiger partial charge is 0.496 e. The normalized spacial score (nSPS) is 16.1. The van der Waals surface area contributed by atoms with Gasteiger partial charge in [0.15, 0.2) is 17.4 Å². The maximum Gasteiger partial charge on any atom is 0.191 e. The van der Waals surface area contributed by atoms with Gasteiger partial charge >= 0.3 is 0 Å². The molecule has 0 radical (unpaired) electrons. The number of aromatic nitrogens is 3. The van der Waals surface area contributed by atoms with Gasteiger partial charge in [-0.15, -0.1) is 10.2 Å². The lowest BCUT2D eigenvalue weighted by atomic mass is 10.0. The van der Waals surface area contributed by atoms with Gasteiger partial charge in [-0.3, -0.25) is 9.30 Å². The van der Waals surface area contributed by atoms with Gasteiger partial charge in [-0.05, 0) is 51.1 Å². The lowest BCUT2D eigenvalue weighted by molar-refractivity contribution is 0.161. The van der Waals surface area contributed by atoms with Crippen molar-refractivity contribution < 1.29 is 4.74 Å². The van der Waals surface area contributed by atoms with E-state index in [1.165, 1.54) is 24.8 Å². The number of ether oxygens (including phenoxy) is 1. The molecule has 2 aromatic heterocycles. The van der Waals surface area contributed by atoms with Crippen molar-refractivity contribution in [1.82, 2.24) is 30.1 Å². The number of nitrogens with zero attached hydrogens (tertiary/aromatic N) is 5. The van der Waals surface area contributed by atoms with Gasteiger partial charge in [0.2, 0.25) is 0 Å². The van der Waals surface area contributed by atoms with E-state index < -0.39 is 0 Å². The molecule has 2 N–H and O–H groups in total. The number of piperidine rings is 1. The predicted molar refractivity (Wildman–Crippen MR) is 127 cm³/mol. The summed E-state index contributed by atoms with van der Waals surface area (Å²) in [6.45, 7) is 6.26. The summed E-state index contributed by atoms with van der Waals surface area (Å²) in [5.74, 6) is 2.52. The highest BCUT2D eigenvalue weighted by Gasteiger charge is 2.25. The molecule has 0 saturated carbocycles. The van der Waals surface area contributed by atoms with Crippen LogP contribution in [0.2, 0.25) is 0 Å². The van der Waals surface area contributed by atoms with Gasteiger partial charge in [0.25, 0.3) is 0 Å². The fourth-order valence-electron chi connectivity index (χ4n) is 4.29. The third kappa shape index (κ3) is 5.19. The van der Waals surface area contributed by atoms with Gasteiger partial charge < -0.3 is 15.4 Å². The summed E-state index contributed by atoms with van der Waals surface area (Å²) in [6.07, 6.45) is 5.74. The number of fused-ring (bicyclic) bond motifs is 1. The summed E-state index contributed by atoms with van der Waals surface area (Å²) >= 11 is 0. The predicted octanol–water partition coefficient (Wildman–Crippen LogP) is 3.02. The summed E-state index contributed by atoms with van der Waals surface area (Å²) in [4.78, 5) is 7.34. The molecule has 8 nitrogen and oxygen atoms in total. The zero-order chi connectivity index (χ0) is 22.2. The molecule has 4 rings (SSSR count). The first-order chi connectivity index (χ1) is 15.8. The number of hydrogen-bond donors (Lipinski definition) is 2. The van der Waals surface area contributed by atoms with E-state index in [9.17, 15) is 0 Å². The number of guanidine groups is 1. The van der Waals surface area contributed by atoms with Crippen LogP contribution in [0.5, 0.6) is 5.75 Å². The molecular weight excluding hydrogens is 402 g/mol. The van der Waals surface area contributed by atoms with Crippen LogP contribution < -0.4 is 15.4 Å². The van der Waals surface area contributed by atoms with Crippen molar-refractivity contribution in [3.63, 3.8) is 0 Å². The van der Waals surface area contributed by atoms with Crippen molar-refractivity contribution in [2.45, 2.75) is 38.8 Å². The second-order valence-corrected chi connectivity index (χ2v) is 7.98. The highest BCUT2D eigenvalue weighted by atomic mass is 16.5. The molecule has 1 fully saturated rings. The fourth-order valence-corrected chi connectivity index (χ4v) is 4.29. The lowest BCUT2D eigenvalue weighted by Gasteiger charge is -2.35. The van der Waals surface area contributed by atoms with Crippen LogP contribution in [0.1, 0.15) is 43.6 Å². The molecule has 8 heteroatoms. The number of rotatable bonds is 8. The number of aliphatic imine (C=N–C) groups is 1. The van der Waals surface area contributed by atoms with E-state index in [-0.39, 0.29) is 6.04 Å². The van der Waals surface area contributed by atoms with Crippen molar-refractivity contribution in [1.29, 1.82) is 0 Å². The number of methoxy groups -OCH3 is 1. The van der Waals surface area contributed by atoms with Crippen LogP contribution in [0.3, 0.4) is 0 Å². The van der Waals surface area contributed by atoms with Crippen LogP contribution in [-0.4, -0.2) is 58.7 Å². The Morgan fingerprint density at radius 3 is 2.69 bits per heavy atom. The maximum atomic E-state index is 5.69. The van der Waals surface area contributed by atoms with Crippen molar-refractivity contribution >= 4 is 11.6 Å². The molecule has 1 unspecified atom stereocenters. The molecule has 1 saturated heterocycles. The van der Waals surface area contributed by atoms with E-state index in [4.69, 9.17) is 9.73 Å². The molecule has 0 spiro atoms. The number of benzene rings is 1. The average molecular weight is 436 g/mol. The quantitative estimate of drug-likeness (QED) is 0.418. The molecule has 1 aliphatic heterocycles. The molecule has 0 aliphatic carbocycles. The van der Waals surface area contributed by atoms with Crippen LogP contribution in [0.4, 0.5) is 0 Å².